The second-order valence-electron chi connectivity index (χ2n) is 11.7. The van der Waals surface area contributed by atoms with E-state index in [0.717, 1.165) is 69.7 Å². The second-order valence-corrected chi connectivity index (χ2v) is 11.7. The Morgan fingerprint density at radius 3 is 2.00 bits per heavy atom. The predicted molar refractivity (Wildman–Crippen MR) is 198 cm³/mol. The summed E-state index contributed by atoms with van der Waals surface area (Å²) in [6, 6.07) is 47.5. The van der Waals surface area contributed by atoms with Crippen molar-refractivity contribution in [2.24, 2.45) is 0 Å². The molecule has 0 unspecified atom stereocenters. The highest BCUT2D eigenvalue weighted by Crippen LogP contribution is 2.46. The molecule has 0 saturated carbocycles. The van der Waals surface area contributed by atoms with Crippen LogP contribution in [0.5, 0.6) is 0 Å². The van der Waals surface area contributed by atoms with Gasteiger partial charge >= 0.3 is 0 Å². The highest BCUT2D eigenvalue weighted by molar-refractivity contribution is 5.90. The molecule has 0 N–H and O–H groups in total. The number of fused-ring (bicyclic) bond motifs is 2. The lowest BCUT2D eigenvalue weighted by Gasteiger charge is -2.24. The number of imidazole rings is 1. The first-order chi connectivity index (χ1) is 24.1. The van der Waals surface area contributed by atoms with E-state index in [1.54, 1.807) is 0 Å². The van der Waals surface area contributed by atoms with Gasteiger partial charge in [-0.15, -0.1) is 0 Å². The Bertz CT molecular complexity index is 2320. The highest BCUT2D eigenvalue weighted by atomic mass is 15.4. The van der Waals surface area contributed by atoms with E-state index in [-0.39, 0.29) is 0 Å². The van der Waals surface area contributed by atoms with Gasteiger partial charge in [0.2, 0.25) is 0 Å². The van der Waals surface area contributed by atoms with Crippen LogP contribution in [0.2, 0.25) is 0 Å². The van der Waals surface area contributed by atoms with Crippen molar-refractivity contribution >= 4 is 39.7 Å². The average Bonchev–Trinajstić information content (AvgIpc) is 3.66. The molecule has 7 rings (SSSR count). The van der Waals surface area contributed by atoms with Crippen LogP contribution in [0.25, 0.3) is 28.4 Å². The van der Waals surface area contributed by atoms with E-state index in [2.05, 4.69) is 118 Å². The number of benzene rings is 5. The van der Waals surface area contributed by atoms with Gasteiger partial charge in [-0.25, -0.2) is 4.57 Å². The fourth-order valence-electron chi connectivity index (χ4n) is 6.63. The first kappa shape index (κ1) is 31.0. The van der Waals surface area contributed by atoms with Gasteiger partial charge in [-0.1, -0.05) is 72.8 Å². The second kappa shape index (κ2) is 13.6. The van der Waals surface area contributed by atoms with Gasteiger partial charge in [-0.3, -0.25) is 4.90 Å². The molecule has 236 valence electrons. The zero-order valence-electron chi connectivity index (χ0n) is 27.5. The Hall–Kier alpha value is -6.63. The maximum absolute atomic E-state index is 9.70. The van der Waals surface area contributed by atoms with E-state index in [0.29, 0.717) is 11.1 Å². The molecule has 2 heterocycles. The van der Waals surface area contributed by atoms with Crippen LogP contribution in [-0.2, 0) is 6.54 Å². The van der Waals surface area contributed by atoms with Crippen molar-refractivity contribution in [3.63, 3.8) is 0 Å². The maximum atomic E-state index is 9.70. The van der Waals surface area contributed by atoms with Gasteiger partial charge < -0.3 is 4.90 Å². The van der Waals surface area contributed by atoms with E-state index >= 15 is 0 Å². The Kier molecular flexibility index (Phi) is 8.61. The van der Waals surface area contributed by atoms with Crippen LogP contribution in [-0.4, -0.2) is 11.1 Å². The summed E-state index contributed by atoms with van der Waals surface area (Å²) in [4.78, 5) is 4.52. The number of para-hydroxylation sites is 2. The smallest absolute Gasteiger partial charge is 0.287 e. The van der Waals surface area contributed by atoms with E-state index in [1.165, 1.54) is 0 Å². The zero-order valence-corrected chi connectivity index (χ0v) is 27.5. The molecule has 6 aromatic rings. The minimum atomic E-state index is 0.634. The molecular weight excluding hydrogens is 601 g/mol. The third-order valence-corrected chi connectivity index (χ3v) is 8.88. The Morgan fingerprint density at radius 1 is 0.714 bits per heavy atom. The number of hydrogen-bond donors (Lipinski definition) is 0. The van der Waals surface area contributed by atoms with E-state index in [4.69, 9.17) is 0 Å². The average molecular weight is 636 g/mol. The molecule has 1 aliphatic heterocycles. The quantitative estimate of drug-likeness (QED) is 0.124. The summed E-state index contributed by atoms with van der Waals surface area (Å²) in [5.74, 6) is 2.01. The van der Waals surface area contributed by atoms with Crippen molar-refractivity contribution in [1.82, 2.24) is 4.57 Å². The molecule has 6 heteroatoms. The van der Waals surface area contributed by atoms with E-state index in [1.807, 2.05) is 78.9 Å². The largest absolute Gasteiger partial charge is 0.326 e. The molecule has 0 fully saturated rings. The monoisotopic (exact) mass is 635 g/mol. The minimum absolute atomic E-state index is 0.634. The number of rotatable bonds is 8. The van der Waals surface area contributed by atoms with E-state index in [9.17, 15) is 10.5 Å². The van der Waals surface area contributed by atoms with Gasteiger partial charge in [0.15, 0.2) is 11.0 Å². The van der Waals surface area contributed by atoms with Crippen LogP contribution >= 0.6 is 0 Å². The zero-order chi connectivity index (χ0) is 33.7. The Balaban J connectivity index is 1.41. The maximum Gasteiger partial charge on any atom is 0.287 e. The van der Waals surface area contributed by atoms with Gasteiger partial charge in [-0.2, -0.15) is 15.1 Å². The summed E-state index contributed by atoms with van der Waals surface area (Å²) in [5, 5.41) is 19.4. The summed E-state index contributed by atoms with van der Waals surface area (Å²) < 4.78 is 4.52. The van der Waals surface area contributed by atoms with Crippen LogP contribution < -0.4 is 14.4 Å². The number of hydrogen-bond acceptors (Lipinski definition) is 4. The molecule has 0 atom stereocenters. The lowest BCUT2D eigenvalue weighted by Crippen LogP contribution is -2.35. The molecule has 0 bridgehead atoms. The first-order valence-corrected chi connectivity index (χ1v) is 16.5. The summed E-state index contributed by atoms with van der Waals surface area (Å²) in [7, 11) is 0. The van der Waals surface area contributed by atoms with Crippen LogP contribution in [0, 0.1) is 22.7 Å². The molecule has 1 aromatic heterocycles. The van der Waals surface area contributed by atoms with Crippen LogP contribution in [0.3, 0.4) is 0 Å². The topological polar surface area (TPSA) is 62.9 Å². The lowest BCUT2D eigenvalue weighted by molar-refractivity contribution is -0.670. The van der Waals surface area contributed by atoms with Crippen molar-refractivity contribution in [1.29, 1.82) is 10.5 Å². The SMILES string of the molecule is CCN1\C(=C/C=C(/C=C/c2n(-c3ccccc3)c3ccc(C#N)cc3[n+]2CC)c2ccccc2)N(c2ccccc2)c2ccc(C#N)cc21. The number of nitrogens with zero attached hydrogens (tertiary/aromatic N) is 6. The Labute approximate surface area is 287 Å². The van der Waals surface area contributed by atoms with Gasteiger partial charge in [0.05, 0.1) is 41.2 Å². The first-order valence-electron chi connectivity index (χ1n) is 16.5. The fraction of sp³-hybridized carbons (Fsp3) is 0.0930. The minimum Gasteiger partial charge on any atom is -0.326 e. The molecule has 0 radical (unpaired) electrons. The molecule has 0 saturated heterocycles. The molecule has 1 aliphatic rings. The predicted octanol–water partition coefficient (Wildman–Crippen LogP) is 9.30. The molecule has 49 heavy (non-hydrogen) atoms. The molecule has 5 aromatic carbocycles. The summed E-state index contributed by atoms with van der Waals surface area (Å²) >= 11 is 0. The van der Waals surface area contributed by atoms with Crippen molar-refractivity contribution in [3.8, 4) is 17.8 Å². The third kappa shape index (κ3) is 5.78. The summed E-state index contributed by atoms with van der Waals surface area (Å²) in [6.07, 6.45) is 8.71. The molecule has 6 nitrogen and oxygen atoms in total. The molecule has 0 aliphatic carbocycles. The summed E-state index contributed by atoms with van der Waals surface area (Å²) in [6.45, 7) is 5.74. The van der Waals surface area contributed by atoms with Crippen molar-refractivity contribution in [2.75, 3.05) is 16.3 Å². The van der Waals surface area contributed by atoms with Gasteiger partial charge in [0.25, 0.3) is 5.82 Å². The lowest BCUT2D eigenvalue weighted by atomic mass is 10.0. The number of allylic oxidation sites excluding steroid dienone is 4. The number of aromatic nitrogens is 2. The molecular formula is C43H35N6+. The van der Waals surface area contributed by atoms with Crippen LogP contribution in [0.1, 0.15) is 36.4 Å². The molecule has 0 spiro atoms. The number of aryl methyl sites for hydroxylation is 1. The number of nitriles is 2. The standard InChI is InChI=1S/C43H35N6/c1-3-46-40-28-32(30-44)20-24-38(40)48(36-16-10-6-11-17-36)42(46)26-22-35(34-14-8-5-9-15-34)23-27-43-47(4-2)41-29-33(31-45)21-25-39(41)49(43)37-18-12-7-13-19-37/h5-29H,3-4H2,1-2H3/q+1. The normalized spacial score (nSPS) is 13.6. The van der Waals surface area contributed by atoms with Crippen molar-refractivity contribution in [2.45, 2.75) is 20.4 Å². The molecule has 0 amide bonds. The van der Waals surface area contributed by atoms with Gasteiger partial charge in [0, 0.05) is 24.4 Å². The summed E-state index contributed by atoms with van der Waals surface area (Å²) in [5.41, 5.74) is 9.59. The third-order valence-electron chi connectivity index (χ3n) is 8.88. The highest BCUT2D eigenvalue weighted by Gasteiger charge is 2.31. The Morgan fingerprint density at radius 2 is 1.35 bits per heavy atom. The number of anilines is 3. The van der Waals surface area contributed by atoms with Crippen LogP contribution in [0.4, 0.5) is 17.1 Å². The van der Waals surface area contributed by atoms with Gasteiger partial charge in [-0.05, 0) is 91.7 Å². The van der Waals surface area contributed by atoms with Crippen molar-refractivity contribution < 1.29 is 4.57 Å². The van der Waals surface area contributed by atoms with E-state index < -0.39 is 0 Å². The fourth-order valence-corrected chi connectivity index (χ4v) is 6.63. The van der Waals surface area contributed by atoms with Crippen molar-refractivity contribution in [3.05, 3.63) is 174 Å². The van der Waals surface area contributed by atoms with Gasteiger partial charge in [0.1, 0.15) is 11.5 Å². The van der Waals surface area contributed by atoms with Crippen LogP contribution in [0.15, 0.2) is 151 Å².